The normalized spacial score (nSPS) is 10.3. The average Bonchev–Trinajstić information content (AvgIpc) is 2.78. The van der Waals surface area contributed by atoms with E-state index in [4.69, 9.17) is 21.1 Å². The Morgan fingerprint density at radius 2 is 1.61 bits per heavy atom. The van der Waals surface area contributed by atoms with E-state index < -0.39 is 18.5 Å². The number of hydrogen-bond acceptors (Lipinski definition) is 5. The zero-order valence-electron chi connectivity index (χ0n) is 16.8. The SMILES string of the molecule is Cc1ccccc1OCC(=O)OCC(=O)Nc1ccc(Cl)cc1C(=O)c1ccccc1. The quantitative estimate of drug-likeness (QED) is 0.416. The summed E-state index contributed by atoms with van der Waals surface area (Å²) in [5, 5.41) is 2.95. The molecular weight excluding hydrogens is 418 g/mol. The Labute approximate surface area is 184 Å². The molecule has 31 heavy (non-hydrogen) atoms. The number of rotatable bonds is 8. The first kappa shape index (κ1) is 22.1. The van der Waals surface area contributed by atoms with Crippen molar-refractivity contribution in [1.82, 2.24) is 0 Å². The van der Waals surface area contributed by atoms with Crippen LogP contribution in [0.2, 0.25) is 5.02 Å². The van der Waals surface area contributed by atoms with E-state index in [9.17, 15) is 14.4 Å². The highest BCUT2D eigenvalue weighted by Gasteiger charge is 2.17. The Hall–Kier alpha value is -3.64. The van der Waals surface area contributed by atoms with Gasteiger partial charge in [-0.25, -0.2) is 4.79 Å². The monoisotopic (exact) mass is 437 g/mol. The van der Waals surface area contributed by atoms with Gasteiger partial charge < -0.3 is 14.8 Å². The van der Waals surface area contributed by atoms with Crippen molar-refractivity contribution in [2.24, 2.45) is 0 Å². The lowest BCUT2D eigenvalue weighted by molar-refractivity contribution is -0.149. The van der Waals surface area contributed by atoms with Crippen molar-refractivity contribution in [2.45, 2.75) is 6.92 Å². The van der Waals surface area contributed by atoms with Crippen molar-refractivity contribution < 1.29 is 23.9 Å². The number of halogens is 1. The number of aryl methyl sites for hydroxylation is 1. The fraction of sp³-hybridized carbons (Fsp3) is 0.125. The second kappa shape index (κ2) is 10.4. The van der Waals surface area contributed by atoms with Gasteiger partial charge in [0.25, 0.3) is 5.91 Å². The highest BCUT2D eigenvalue weighted by molar-refractivity contribution is 6.31. The minimum absolute atomic E-state index is 0.237. The molecule has 158 valence electrons. The minimum atomic E-state index is -0.685. The summed E-state index contributed by atoms with van der Waals surface area (Å²) in [5.41, 5.74) is 1.85. The van der Waals surface area contributed by atoms with E-state index in [1.165, 1.54) is 12.1 Å². The summed E-state index contributed by atoms with van der Waals surface area (Å²) >= 11 is 6.04. The molecule has 3 rings (SSSR count). The van der Waals surface area contributed by atoms with Gasteiger partial charge in [0, 0.05) is 16.1 Å². The maximum absolute atomic E-state index is 12.8. The van der Waals surface area contributed by atoms with Crippen LogP contribution in [0.15, 0.2) is 72.8 Å². The lowest BCUT2D eigenvalue weighted by Crippen LogP contribution is -2.24. The van der Waals surface area contributed by atoms with Gasteiger partial charge in [-0.05, 0) is 36.8 Å². The topological polar surface area (TPSA) is 81.7 Å². The Morgan fingerprint density at radius 1 is 0.903 bits per heavy atom. The number of nitrogens with one attached hydrogen (secondary N) is 1. The lowest BCUT2D eigenvalue weighted by Gasteiger charge is -2.12. The average molecular weight is 438 g/mol. The summed E-state index contributed by atoms with van der Waals surface area (Å²) in [6.07, 6.45) is 0. The van der Waals surface area contributed by atoms with Gasteiger partial charge in [-0.2, -0.15) is 0 Å². The van der Waals surface area contributed by atoms with Gasteiger partial charge in [0.2, 0.25) is 0 Å². The summed E-state index contributed by atoms with van der Waals surface area (Å²) < 4.78 is 10.4. The molecular formula is C24H20ClNO5. The standard InChI is InChI=1S/C24H20ClNO5/c1-16-7-5-6-10-21(16)30-15-23(28)31-14-22(27)26-20-12-11-18(25)13-19(20)24(29)17-8-3-2-4-9-17/h2-13H,14-15H2,1H3,(H,26,27). The Balaban J connectivity index is 1.58. The molecule has 0 heterocycles. The molecule has 0 radical (unpaired) electrons. The molecule has 0 fully saturated rings. The second-order valence-electron chi connectivity index (χ2n) is 6.65. The first-order valence-electron chi connectivity index (χ1n) is 9.47. The van der Waals surface area contributed by atoms with Gasteiger partial charge in [-0.1, -0.05) is 60.1 Å². The number of carbonyl (C=O) groups is 3. The van der Waals surface area contributed by atoms with E-state index in [1.807, 2.05) is 19.1 Å². The molecule has 1 amide bonds. The van der Waals surface area contributed by atoms with Gasteiger partial charge >= 0.3 is 5.97 Å². The van der Waals surface area contributed by atoms with Crippen LogP contribution >= 0.6 is 11.6 Å². The lowest BCUT2D eigenvalue weighted by atomic mass is 10.0. The third-order valence-corrected chi connectivity index (χ3v) is 4.57. The van der Waals surface area contributed by atoms with Gasteiger partial charge in [-0.15, -0.1) is 0 Å². The Bertz CT molecular complexity index is 1100. The fourth-order valence-electron chi connectivity index (χ4n) is 2.79. The van der Waals surface area contributed by atoms with Crippen molar-refractivity contribution >= 4 is 34.9 Å². The van der Waals surface area contributed by atoms with E-state index in [1.54, 1.807) is 48.5 Å². The first-order chi connectivity index (χ1) is 14.9. The van der Waals surface area contributed by atoms with Crippen molar-refractivity contribution in [3.8, 4) is 5.75 Å². The van der Waals surface area contributed by atoms with Crippen molar-refractivity contribution in [3.63, 3.8) is 0 Å². The van der Waals surface area contributed by atoms with Crippen LogP contribution in [0.25, 0.3) is 0 Å². The molecule has 0 aliphatic heterocycles. The number of para-hydroxylation sites is 1. The zero-order chi connectivity index (χ0) is 22.2. The van der Waals surface area contributed by atoms with Crippen LogP contribution < -0.4 is 10.1 Å². The third kappa shape index (κ3) is 6.17. The van der Waals surface area contributed by atoms with Crippen LogP contribution in [0.5, 0.6) is 5.75 Å². The van der Waals surface area contributed by atoms with Crippen LogP contribution in [-0.2, 0) is 14.3 Å². The number of hydrogen-bond donors (Lipinski definition) is 1. The van der Waals surface area contributed by atoms with Crippen LogP contribution in [0.1, 0.15) is 21.5 Å². The van der Waals surface area contributed by atoms with E-state index in [0.717, 1.165) is 5.56 Å². The van der Waals surface area contributed by atoms with Crippen molar-refractivity contribution in [3.05, 3.63) is 94.5 Å². The van der Waals surface area contributed by atoms with E-state index in [-0.39, 0.29) is 23.6 Å². The smallest absolute Gasteiger partial charge is 0.344 e. The third-order valence-electron chi connectivity index (χ3n) is 4.34. The molecule has 0 saturated carbocycles. The molecule has 1 N–H and O–H groups in total. The Kier molecular flexibility index (Phi) is 7.40. The summed E-state index contributed by atoms with van der Waals surface area (Å²) in [7, 11) is 0. The molecule has 0 saturated heterocycles. The number of esters is 1. The van der Waals surface area contributed by atoms with Gasteiger partial charge in [0.05, 0.1) is 5.69 Å². The fourth-order valence-corrected chi connectivity index (χ4v) is 2.96. The van der Waals surface area contributed by atoms with E-state index in [0.29, 0.717) is 16.3 Å². The maximum Gasteiger partial charge on any atom is 0.344 e. The molecule has 3 aromatic carbocycles. The highest BCUT2D eigenvalue weighted by atomic mass is 35.5. The van der Waals surface area contributed by atoms with Crippen LogP contribution in [0, 0.1) is 6.92 Å². The molecule has 7 heteroatoms. The number of amides is 1. The highest BCUT2D eigenvalue weighted by Crippen LogP contribution is 2.24. The second-order valence-corrected chi connectivity index (χ2v) is 7.08. The number of benzene rings is 3. The van der Waals surface area contributed by atoms with Crippen molar-refractivity contribution in [2.75, 3.05) is 18.5 Å². The zero-order valence-corrected chi connectivity index (χ0v) is 17.5. The molecule has 0 bridgehead atoms. The molecule has 0 spiro atoms. The number of anilines is 1. The molecule has 0 unspecified atom stereocenters. The van der Waals surface area contributed by atoms with E-state index >= 15 is 0 Å². The minimum Gasteiger partial charge on any atom is -0.482 e. The predicted molar refractivity (Wildman–Crippen MR) is 118 cm³/mol. The molecule has 3 aromatic rings. The molecule has 0 aliphatic rings. The first-order valence-corrected chi connectivity index (χ1v) is 9.85. The van der Waals surface area contributed by atoms with Gasteiger partial charge in [-0.3, -0.25) is 9.59 Å². The summed E-state index contributed by atoms with van der Waals surface area (Å²) in [4.78, 5) is 37.0. The number of carbonyl (C=O) groups excluding carboxylic acids is 3. The summed E-state index contributed by atoms with van der Waals surface area (Å²) in [6, 6.07) is 20.4. The summed E-state index contributed by atoms with van der Waals surface area (Å²) in [6.45, 7) is 1.02. The number of ether oxygens (including phenoxy) is 2. The largest absolute Gasteiger partial charge is 0.482 e. The summed E-state index contributed by atoms with van der Waals surface area (Å²) in [5.74, 6) is -1.00. The van der Waals surface area contributed by atoms with Crippen LogP contribution in [0.3, 0.4) is 0 Å². The molecule has 0 aromatic heterocycles. The molecule has 6 nitrogen and oxygen atoms in total. The van der Waals surface area contributed by atoms with Crippen molar-refractivity contribution in [1.29, 1.82) is 0 Å². The number of ketones is 1. The predicted octanol–water partition coefficient (Wildman–Crippen LogP) is 4.44. The maximum atomic E-state index is 12.8. The Morgan fingerprint density at radius 3 is 2.35 bits per heavy atom. The van der Waals surface area contributed by atoms with E-state index in [2.05, 4.69) is 5.32 Å². The molecule has 0 atom stereocenters. The van der Waals surface area contributed by atoms with Crippen LogP contribution in [0.4, 0.5) is 5.69 Å². The van der Waals surface area contributed by atoms with Gasteiger partial charge in [0.1, 0.15) is 5.75 Å². The molecule has 0 aliphatic carbocycles. The van der Waals surface area contributed by atoms with Crippen LogP contribution in [-0.4, -0.2) is 30.9 Å². The van der Waals surface area contributed by atoms with Gasteiger partial charge in [0.15, 0.2) is 19.0 Å².